The number of amides is 1. The van der Waals surface area contributed by atoms with E-state index >= 15 is 0 Å². The average molecular weight is 452 g/mol. The summed E-state index contributed by atoms with van der Waals surface area (Å²) in [5, 5.41) is 3.24. The van der Waals surface area contributed by atoms with Crippen molar-refractivity contribution in [3.63, 3.8) is 0 Å². The number of halogens is 1. The summed E-state index contributed by atoms with van der Waals surface area (Å²) < 4.78 is 1.72. The summed E-state index contributed by atoms with van der Waals surface area (Å²) in [5.41, 5.74) is 1.97. The Hall–Kier alpha value is -1.38. The first-order valence-corrected chi connectivity index (χ1v) is 9.24. The summed E-state index contributed by atoms with van der Waals surface area (Å²) >= 11 is 8.94. The van der Waals surface area contributed by atoms with E-state index in [1.54, 1.807) is 4.90 Å². The standard InChI is InChI=1S/C17H13IN2OS2/c18-13-7-4-8-14(10-13)19-11-20-16(21)15(23-17(20)22)9-12-5-2-1-3-6-12/h1-10,19H,11H2. The number of hydrogen-bond donors (Lipinski definition) is 1. The highest BCUT2D eigenvalue weighted by Crippen LogP contribution is 2.32. The maximum Gasteiger partial charge on any atom is 0.267 e. The van der Waals surface area contributed by atoms with Crippen molar-refractivity contribution < 1.29 is 4.79 Å². The molecule has 116 valence electrons. The molecule has 0 aliphatic carbocycles. The van der Waals surface area contributed by atoms with Crippen LogP contribution in [0.3, 0.4) is 0 Å². The van der Waals surface area contributed by atoms with Gasteiger partial charge in [0, 0.05) is 9.26 Å². The number of nitrogens with zero attached hydrogens (tertiary/aromatic N) is 1. The van der Waals surface area contributed by atoms with Gasteiger partial charge in [0.05, 0.1) is 11.6 Å². The zero-order valence-electron chi connectivity index (χ0n) is 12.0. The molecule has 0 atom stereocenters. The molecule has 0 saturated carbocycles. The fourth-order valence-electron chi connectivity index (χ4n) is 2.11. The van der Waals surface area contributed by atoms with Crippen LogP contribution in [0.25, 0.3) is 6.08 Å². The van der Waals surface area contributed by atoms with Crippen molar-refractivity contribution in [1.29, 1.82) is 0 Å². The topological polar surface area (TPSA) is 32.3 Å². The molecule has 0 unspecified atom stereocenters. The zero-order valence-corrected chi connectivity index (χ0v) is 15.8. The van der Waals surface area contributed by atoms with Gasteiger partial charge in [-0.1, -0.05) is 60.4 Å². The number of hydrogen-bond acceptors (Lipinski definition) is 4. The van der Waals surface area contributed by atoms with Gasteiger partial charge in [-0.15, -0.1) is 0 Å². The van der Waals surface area contributed by atoms with E-state index in [0.29, 0.717) is 15.9 Å². The van der Waals surface area contributed by atoms with Crippen LogP contribution >= 0.6 is 46.6 Å². The fourth-order valence-corrected chi connectivity index (χ4v) is 3.90. The van der Waals surface area contributed by atoms with Crippen LogP contribution in [-0.2, 0) is 4.79 Å². The van der Waals surface area contributed by atoms with E-state index in [4.69, 9.17) is 12.2 Å². The smallest absolute Gasteiger partial charge is 0.267 e. The number of rotatable bonds is 4. The predicted octanol–water partition coefficient (Wildman–Crippen LogP) is 4.56. The average Bonchev–Trinajstić information content (AvgIpc) is 2.80. The van der Waals surface area contributed by atoms with E-state index in [-0.39, 0.29) is 5.91 Å². The molecule has 1 fully saturated rings. The van der Waals surface area contributed by atoms with Crippen LogP contribution in [-0.4, -0.2) is 21.8 Å². The third-order valence-electron chi connectivity index (χ3n) is 3.24. The Bertz CT molecular complexity index is 777. The summed E-state index contributed by atoms with van der Waals surface area (Å²) in [7, 11) is 0. The van der Waals surface area contributed by atoms with Gasteiger partial charge in [-0.05, 0) is 52.4 Å². The molecule has 2 aromatic carbocycles. The lowest BCUT2D eigenvalue weighted by atomic mass is 10.2. The first-order chi connectivity index (χ1) is 11.1. The SMILES string of the molecule is O=C1C(=Cc2ccccc2)SC(=S)N1CNc1cccc(I)c1. The minimum atomic E-state index is -0.0537. The molecule has 3 nitrogen and oxygen atoms in total. The van der Waals surface area contributed by atoms with E-state index < -0.39 is 0 Å². The van der Waals surface area contributed by atoms with Gasteiger partial charge in [-0.2, -0.15) is 0 Å². The third kappa shape index (κ3) is 4.13. The molecule has 1 aliphatic rings. The molecule has 1 heterocycles. The lowest BCUT2D eigenvalue weighted by Gasteiger charge is -2.16. The first kappa shape index (κ1) is 16.5. The minimum Gasteiger partial charge on any atom is -0.367 e. The molecule has 1 saturated heterocycles. The minimum absolute atomic E-state index is 0.0537. The van der Waals surface area contributed by atoms with Crippen molar-refractivity contribution >= 4 is 68.6 Å². The Morgan fingerprint density at radius 2 is 1.96 bits per heavy atom. The molecular formula is C17H13IN2OS2. The molecule has 0 aromatic heterocycles. The zero-order chi connectivity index (χ0) is 16.2. The molecule has 1 N–H and O–H groups in total. The van der Waals surface area contributed by atoms with Crippen LogP contribution in [0.4, 0.5) is 5.69 Å². The van der Waals surface area contributed by atoms with Crippen LogP contribution in [0, 0.1) is 3.57 Å². The fraction of sp³-hybridized carbons (Fsp3) is 0.0588. The second kappa shape index (κ2) is 7.46. The highest BCUT2D eigenvalue weighted by atomic mass is 127. The van der Waals surface area contributed by atoms with Gasteiger partial charge in [0.1, 0.15) is 4.32 Å². The van der Waals surface area contributed by atoms with E-state index in [1.165, 1.54) is 11.8 Å². The highest BCUT2D eigenvalue weighted by Gasteiger charge is 2.31. The van der Waals surface area contributed by atoms with Gasteiger partial charge < -0.3 is 5.32 Å². The Labute approximate surface area is 158 Å². The summed E-state index contributed by atoms with van der Waals surface area (Å²) in [5.74, 6) is -0.0537. The lowest BCUT2D eigenvalue weighted by Crippen LogP contribution is -2.33. The number of benzene rings is 2. The molecule has 2 aromatic rings. The Morgan fingerprint density at radius 3 is 2.70 bits per heavy atom. The number of carbonyl (C=O) groups is 1. The highest BCUT2D eigenvalue weighted by molar-refractivity contribution is 14.1. The first-order valence-electron chi connectivity index (χ1n) is 6.93. The Morgan fingerprint density at radius 1 is 1.17 bits per heavy atom. The molecule has 23 heavy (non-hydrogen) atoms. The van der Waals surface area contributed by atoms with Crippen molar-refractivity contribution in [3.05, 3.63) is 68.6 Å². The van der Waals surface area contributed by atoms with Gasteiger partial charge in [-0.25, -0.2) is 0 Å². The quantitative estimate of drug-likeness (QED) is 0.419. The van der Waals surface area contributed by atoms with E-state index in [0.717, 1.165) is 14.8 Å². The molecular weight excluding hydrogens is 439 g/mol. The summed E-state index contributed by atoms with van der Waals surface area (Å²) in [6.07, 6.45) is 1.88. The monoisotopic (exact) mass is 452 g/mol. The number of carbonyl (C=O) groups excluding carboxylic acids is 1. The summed E-state index contributed by atoms with van der Waals surface area (Å²) in [6, 6.07) is 17.8. The molecule has 1 aliphatic heterocycles. The van der Waals surface area contributed by atoms with Crippen LogP contribution in [0.15, 0.2) is 59.5 Å². The van der Waals surface area contributed by atoms with E-state index in [9.17, 15) is 4.79 Å². The number of anilines is 1. The largest absolute Gasteiger partial charge is 0.367 e. The second-order valence-corrected chi connectivity index (χ2v) is 7.79. The molecule has 3 rings (SSSR count). The Balaban J connectivity index is 1.70. The van der Waals surface area contributed by atoms with E-state index in [2.05, 4.69) is 27.9 Å². The van der Waals surface area contributed by atoms with Gasteiger partial charge in [0.2, 0.25) is 0 Å². The van der Waals surface area contributed by atoms with Crippen molar-refractivity contribution in [2.75, 3.05) is 12.0 Å². The number of nitrogens with one attached hydrogen (secondary N) is 1. The third-order valence-corrected chi connectivity index (χ3v) is 5.29. The van der Waals surface area contributed by atoms with Gasteiger partial charge in [-0.3, -0.25) is 9.69 Å². The van der Waals surface area contributed by atoms with Crippen LogP contribution in [0.5, 0.6) is 0 Å². The van der Waals surface area contributed by atoms with Gasteiger partial charge >= 0.3 is 0 Å². The summed E-state index contributed by atoms with van der Waals surface area (Å²) in [4.78, 5) is 14.8. The normalized spacial score (nSPS) is 16.2. The molecule has 0 bridgehead atoms. The van der Waals surface area contributed by atoms with Crippen LogP contribution in [0.1, 0.15) is 5.56 Å². The molecule has 0 radical (unpaired) electrons. The van der Waals surface area contributed by atoms with Crippen molar-refractivity contribution in [1.82, 2.24) is 4.90 Å². The van der Waals surface area contributed by atoms with Crippen LogP contribution in [0.2, 0.25) is 0 Å². The van der Waals surface area contributed by atoms with Crippen molar-refractivity contribution in [2.45, 2.75) is 0 Å². The maximum absolute atomic E-state index is 12.5. The number of thioether (sulfide) groups is 1. The van der Waals surface area contributed by atoms with Crippen molar-refractivity contribution in [2.24, 2.45) is 0 Å². The predicted molar refractivity (Wildman–Crippen MR) is 109 cm³/mol. The molecule has 0 spiro atoms. The van der Waals surface area contributed by atoms with Gasteiger partial charge in [0.15, 0.2) is 0 Å². The lowest BCUT2D eigenvalue weighted by molar-refractivity contribution is -0.121. The Kier molecular flexibility index (Phi) is 5.34. The number of thiocarbonyl (C=S) groups is 1. The van der Waals surface area contributed by atoms with Crippen LogP contribution < -0.4 is 5.32 Å². The molecule has 6 heteroatoms. The maximum atomic E-state index is 12.5. The van der Waals surface area contributed by atoms with E-state index in [1.807, 2.05) is 60.7 Å². The van der Waals surface area contributed by atoms with Gasteiger partial charge in [0.25, 0.3) is 5.91 Å². The van der Waals surface area contributed by atoms with Crippen molar-refractivity contribution in [3.8, 4) is 0 Å². The summed E-state index contributed by atoms with van der Waals surface area (Å²) in [6.45, 7) is 0.372. The second-order valence-electron chi connectivity index (χ2n) is 4.87. The molecule has 1 amide bonds.